The summed E-state index contributed by atoms with van der Waals surface area (Å²) in [5.74, 6) is 0.629. The first-order chi connectivity index (χ1) is 11.6. The number of aromatic nitrogens is 5. The molecule has 0 saturated heterocycles. The molecule has 24 heavy (non-hydrogen) atoms. The molecule has 4 rings (SSSR count). The van der Waals surface area contributed by atoms with Crippen molar-refractivity contribution in [3.8, 4) is 17.4 Å². The second kappa shape index (κ2) is 5.70. The van der Waals surface area contributed by atoms with Crippen LogP contribution in [0.3, 0.4) is 0 Å². The average molecular weight is 360 g/mol. The third-order valence-electron chi connectivity index (χ3n) is 3.31. The van der Waals surface area contributed by atoms with Crippen molar-refractivity contribution < 1.29 is 4.42 Å². The van der Waals surface area contributed by atoms with Crippen LogP contribution in [0.25, 0.3) is 28.3 Å². The van der Waals surface area contributed by atoms with Gasteiger partial charge in [0.2, 0.25) is 0 Å². The van der Waals surface area contributed by atoms with Crippen LogP contribution in [0.15, 0.2) is 52.2 Å². The Kier molecular flexibility index (Phi) is 3.51. The summed E-state index contributed by atoms with van der Waals surface area (Å²) in [5, 5.41) is 8.91. The normalized spacial score (nSPS) is 11.1. The number of fused-ring (bicyclic) bond motifs is 1. The smallest absolute Gasteiger partial charge is 0.347 e. The van der Waals surface area contributed by atoms with Crippen LogP contribution in [0, 0.1) is 0 Å². The van der Waals surface area contributed by atoms with E-state index in [1.54, 1.807) is 35.4 Å². The first-order valence-corrected chi connectivity index (χ1v) is 7.50. The summed E-state index contributed by atoms with van der Waals surface area (Å²) < 4.78 is 6.91. The highest BCUT2D eigenvalue weighted by atomic mass is 35.5. The Labute approximate surface area is 144 Å². The molecular weight excluding hydrogens is 353 g/mol. The molecule has 7 nitrogen and oxygen atoms in total. The summed E-state index contributed by atoms with van der Waals surface area (Å²) in [6, 6.07) is 6.30. The van der Waals surface area contributed by atoms with Crippen molar-refractivity contribution in [2.24, 2.45) is 0 Å². The first-order valence-electron chi connectivity index (χ1n) is 6.74. The topological polar surface area (TPSA) is 86.7 Å². The third kappa shape index (κ3) is 2.53. The molecule has 3 heterocycles. The fraction of sp³-hybridized carbons (Fsp3) is 0. The lowest BCUT2D eigenvalue weighted by atomic mass is 10.2. The predicted octanol–water partition coefficient (Wildman–Crippen LogP) is 3.14. The van der Waals surface area contributed by atoms with E-state index in [0.29, 0.717) is 22.1 Å². The number of nitrogens with zero attached hydrogens (tertiary/aromatic N) is 5. The standard InChI is InChI=1S/C15H7Cl2N5O2/c16-9-5-8-12(6-10(9)17)19-14(24-15(8)23)11-1-2-13(21-20-11)22-4-3-18-7-22/h1-7H. The van der Waals surface area contributed by atoms with Crippen molar-refractivity contribution in [2.75, 3.05) is 0 Å². The van der Waals surface area contributed by atoms with Gasteiger partial charge in [-0.3, -0.25) is 4.57 Å². The van der Waals surface area contributed by atoms with Crippen LogP contribution in [0.5, 0.6) is 0 Å². The summed E-state index contributed by atoms with van der Waals surface area (Å²) in [4.78, 5) is 20.3. The van der Waals surface area contributed by atoms with E-state index < -0.39 is 5.63 Å². The van der Waals surface area contributed by atoms with E-state index in [2.05, 4.69) is 20.2 Å². The monoisotopic (exact) mass is 359 g/mol. The number of benzene rings is 1. The van der Waals surface area contributed by atoms with Crippen molar-refractivity contribution in [2.45, 2.75) is 0 Å². The SMILES string of the molecule is O=c1oc(-c2ccc(-n3ccnc3)nn2)nc2cc(Cl)c(Cl)cc12. The maximum Gasteiger partial charge on any atom is 0.347 e. The number of hydrogen-bond donors (Lipinski definition) is 0. The van der Waals surface area contributed by atoms with Crippen molar-refractivity contribution in [3.63, 3.8) is 0 Å². The van der Waals surface area contributed by atoms with Gasteiger partial charge in [-0.25, -0.2) is 14.8 Å². The predicted molar refractivity (Wildman–Crippen MR) is 88.4 cm³/mol. The van der Waals surface area contributed by atoms with Gasteiger partial charge in [-0.1, -0.05) is 23.2 Å². The minimum absolute atomic E-state index is 0.0515. The van der Waals surface area contributed by atoms with E-state index in [9.17, 15) is 4.79 Å². The molecule has 9 heteroatoms. The van der Waals surface area contributed by atoms with Crippen LogP contribution in [0.4, 0.5) is 0 Å². The molecule has 1 aromatic carbocycles. The van der Waals surface area contributed by atoms with E-state index in [1.807, 2.05) is 0 Å². The van der Waals surface area contributed by atoms with Crippen molar-refractivity contribution in [1.82, 2.24) is 24.7 Å². The summed E-state index contributed by atoms with van der Waals surface area (Å²) >= 11 is 11.9. The van der Waals surface area contributed by atoms with E-state index >= 15 is 0 Å². The van der Waals surface area contributed by atoms with Gasteiger partial charge in [0.15, 0.2) is 5.82 Å². The van der Waals surface area contributed by atoms with Gasteiger partial charge in [0.1, 0.15) is 12.0 Å². The molecule has 3 aromatic heterocycles. The first kappa shape index (κ1) is 14.8. The van der Waals surface area contributed by atoms with Crippen LogP contribution >= 0.6 is 23.2 Å². The fourth-order valence-electron chi connectivity index (χ4n) is 2.15. The van der Waals surface area contributed by atoms with Gasteiger partial charge in [0.05, 0.1) is 20.9 Å². The van der Waals surface area contributed by atoms with Crippen molar-refractivity contribution in [1.29, 1.82) is 0 Å². The molecule has 4 aromatic rings. The molecule has 0 atom stereocenters. The number of hydrogen-bond acceptors (Lipinski definition) is 6. The number of halogens is 2. The third-order valence-corrected chi connectivity index (χ3v) is 4.03. The van der Waals surface area contributed by atoms with Crippen molar-refractivity contribution >= 4 is 34.1 Å². The van der Waals surface area contributed by atoms with Crippen molar-refractivity contribution in [3.05, 3.63) is 63.5 Å². The highest BCUT2D eigenvalue weighted by molar-refractivity contribution is 6.42. The van der Waals surface area contributed by atoms with Gasteiger partial charge < -0.3 is 4.42 Å². The van der Waals surface area contributed by atoms with Gasteiger partial charge in [-0.05, 0) is 24.3 Å². The van der Waals surface area contributed by atoms with Gasteiger partial charge in [0, 0.05) is 12.4 Å². The molecule has 0 spiro atoms. The van der Waals surface area contributed by atoms with E-state index in [4.69, 9.17) is 27.6 Å². The molecule has 0 aliphatic rings. The van der Waals surface area contributed by atoms with Crippen LogP contribution in [-0.4, -0.2) is 24.7 Å². The molecule has 0 amide bonds. The van der Waals surface area contributed by atoms with E-state index in [1.165, 1.54) is 12.1 Å². The van der Waals surface area contributed by atoms with Gasteiger partial charge in [0.25, 0.3) is 5.89 Å². The maximum atomic E-state index is 12.1. The second-order valence-electron chi connectivity index (χ2n) is 4.84. The molecule has 0 aliphatic heterocycles. The number of imidazole rings is 1. The Hall–Kier alpha value is -2.77. The Morgan fingerprint density at radius 3 is 2.62 bits per heavy atom. The lowest BCUT2D eigenvalue weighted by Crippen LogP contribution is -2.05. The summed E-state index contributed by atoms with van der Waals surface area (Å²) in [5.41, 5.74) is 0.120. The minimum atomic E-state index is -0.575. The molecule has 0 aliphatic carbocycles. The molecule has 0 bridgehead atoms. The molecular formula is C15H7Cl2N5O2. The molecule has 0 radical (unpaired) electrons. The van der Waals surface area contributed by atoms with Gasteiger partial charge in [-0.2, -0.15) is 0 Å². The Bertz CT molecular complexity index is 1090. The Morgan fingerprint density at radius 1 is 1.08 bits per heavy atom. The maximum absolute atomic E-state index is 12.1. The minimum Gasteiger partial charge on any atom is -0.401 e. The zero-order chi connectivity index (χ0) is 16.7. The number of rotatable bonds is 2. The second-order valence-corrected chi connectivity index (χ2v) is 5.65. The van der Waals surface area contributed by atoms with Crippen LogP contribution < -0.4 is 5.63 Å². The Morgan fingerprint density at radius 2 is 1.92 bits per heavy atom. The lowest BCUT2D eigenvalue weighted by Gasteiger charge is -2.03. The fourth-order valence-corrected chi connectivity index (χ4v) is 2.47. The van der Waals surface area contributed by atoms with Crippen LogP contribution in [0.2, 0.25) is 10.0 Å². The summed E-state index contributed by atoms with van der Waals surface area (Å²) in [6.07, 6.45) is 4.97. The van der Waals surface area contributed by atoms with Gasteiger partial charge >= 0.3 is 5.63 Å². The quantitative estimate of drug-likeness (QED) is 0.546. The van der Waals surface area contributed by atoms with Crippen LogP contribution in [-0.2, 0) is 0 Å². The molecule has 0 saturated carbocycles. The average Bonchev–Trinajstić information content (AvgIpc) is 3.11. The van der Waals surface area contributed by atoms with Crippen LogP contribution in [0.1, 0.15) is 0 Å². The largest absolute Gasteiger partial charge is 0.401 e. The molecule has 118 valence electrons. The summed E-state index contributed by atoms with van der Waals surface area (Å²) in [6.45, 7) is 0. The molecule has 0 fully saturated rings. The molecule has 0 unspecified atom stereocenters. The van der Waals surface area contributed by atoms with Gasteiger partial charge in [-0.15, -0.1) is 10.2 Å². The lowest BCUT2D eigenvalue weighted by molar-refractivity contribution is 0.515. The summed E-state index contributed by atoms with van der Waals surface area (Å²) in [7, 11) is 0. The zero-order valence-corrected chi connectivity index (χ0v) is 13.4. The Balaban J connectivity index is 1.81. The molecule has 0 N–H and O–H groups in total. The van der Waals surface area contributed by atoms with E-state index in [0.717, 1.165) is 0 Å². The highest BCUT2D eigenvalue weighted by Crippen LogP contribution is 2.26. The highest BCUT2D eigenvalue weighted by Gasteiger charge is 2.12. The van der Waals surface area contributed by atoms with E-state index in [-0.39, 0.29) is 16.3 Å². The zero-order valence-electron chi connectivity index (χ0n) is 11.8.